The molecule has 0 bridgehead atoms. The van der Waals surface area contributed by atoms with Gasteiger partial charge in [0.15, 0.2) is 5.96 Å². The van der Waals surface area contributed by atoms with Gasteiger partial charge in [-0.25, -0.2) is 4.99 Å². The number of benzene rings is 1. The first kappa shape index (κ1) is 20.0. The van der Waals surface area contributed by atoms with Crippen molar-refractivity contribution in [3.63, 3.8) is 0 Å². The smallest absolute Gasteiger partial charge is 0.243 e. The average Bonchev–Trinajstić information content (AvgIpc) is 2.47. The summed E-state index contributed by atoms with van der Waals surface area (Å²) in [6.07, 6.45) is 0.923. The number of likely N-dealkylation sites (N-methyl/N-ethyl adjacent to an activating group) is 1. The molecule has 0 aliphatic carbocycles. The van der Waals surface area contributed by atoms with Crippen LogP contribution in [0.3, 0.4) is 0 Å². The SMILES string of the molecule is Cc1cc(C)cc(CCNC(=NCC(=O)N(C)C)NCC(C)C)c1. The molecule has 1 amide bonds. The lowest BCUT2D eigenvalue weighted by Gasteiger charge is -2.15. The lowest BCUT2D eigenvalue weighted by Crippen LogP contribution is -2.41. The number of aryl methyl sites for hydroxylation is 2. The summed E-state index contributed by atoms with van der Waals surface area (Å²) in [5.74, 6) is 1.21. The lowest BCUT2D eigenvalue weighted by atomic mass is 10.1. The Morgan fingerprint density at radius 2 is 1.75 bits per heavy atom. The molecule has 2 N–H and O–H groups in total. The van der Waals surface area contributed by atoms with Crippen LogP contribution in [0.2, 0.25) is 0 Å². The molecule has 0 saturated heterocycles. The number of aliphatic imine (C=N–C) groups is 1. The van der Waals surface area contributed by atoms with Gasteiger partial charge in [-0.3, -0.25) is 4.79 Å². The standard InChI is InChI=1S/C19H32N4O/c1-14(2)12-21-19(22-13-18(24)23(5)6)20-8-7-17-10-15(3)9-16(4)11-17/h9-11,14H,7-8,12-13H2,1-6H3,(H2,20,21,22). The van der Waals surface area contributed by atoms with Crippen LogP contribution in [0.4, 0.5) is 0 Å². The molecular formula is C19H32N4O. The highest BCUT2D eigenvalue weighted by atomic mass is 16.2. The van der Waals surface area contributed by atoms with Gasteiger partial charge < -0.3 is 15.5 Å². The van der Waals surface area contributed by atoms with Crippen LogP contribution in [-0.2, 0) is 11.2 Å². The topological polar surface area (TPSA) is 56.7 Å². The number of hydrogen-bond acceptors (Lipinski definition) is 2. The molecule has 0 atom stereocenters. The largest absolute Gasteiger partial charge is 0.356 e. The van der Waals surface area contributed by atoms with E-state index in [1.54, 1.807) is 19.0 Å². The van der Waals surface area contributed by atoms with E-state index in [0.717, 1.165) is 19.5 Å². The molecular weight excluding hydrogens is 300 g/mol. The zero-order chi connectivity index (χ0) is 18.1. The normalized spacial score (nSPS) is 11.5. The Kier molecular flexibility index (Phi) is 8.30. The van der Waals surface area contributed by atoms with Crippen LogP contribution in [0.1, 0.15) is 30.5 Å². The first-order chi connectivity index (χ1) is 11.3. The van der Waals surface area contributed by atoms with Gasteiger partial charge in [0.2, 0.25) is 5.91 Å². The summed E-state index contributed by atoms with van der Waals surface area (Å²) in [5, 5.41) is 6.62. The number of nitrogens with zero attached hydrogens (tertiary/aromatic N) is 2. The third-order valence-corrected chi connectivity index (χ3v) is 3.54. The molecule has 1 aromatic carbocycles. The molecule has 24 heavy (non-hydrogen) atoms. The van der Waals surface area contributed by atoms with Crippen molar-refractivity contribution >= 4 is 11.9 Å². The first-order valence-electron chi connectivity index (χ1n) is 8.57. The van der Waals surface area contributed by atoms with Crippen molar-refractivity contribution < 1.29 is 4.79 Å². The van der Waals surface area contributed by atoms with Crippen molar-refractivity contribution in [1.82, 2.24) is 15.5 Å². The molecule has 0 unspecified atom stereocenters. The average molecular weight is 332 g/mol. The molecule has 1 aromatic rings. The summed E-state index contributed by atoms with van der Waals surface area (Å²) in [7, 11) is 3.49. The van der Waals surface area contributed by atoms with E-state index in [-0.39, 0.29) is 12.5 Å². The molecule has 134 valence electrons. The zero-order valence-corrected chi connectivity index (χ0v) is 15.9. The minimum absolute atomic E-state index is 0.00467. The molecule has 0 radical (unpaired) electrons. The number of hydrogen-bond donors (Lipinski definition) is 2. The van der Waals surface area contributed by atoms with E-state index < -0.39 is 0 Å². The molecule has 0 aromatic heterocycles. The van der Waals surface area contributed by atoms with E-state index in [0.29, 0.717) is 11.9 Å². The van der Waals surface area contributed by atoms with Gasteiger partial charge in [-0.05, 0) is 31.7 Å². The summed E-state index contributed by atoms with van der Waals surface area (Å²) >= 11 is 0. The molecule has 0 saturated carbocycles. The van der Waals surface area contributed by atoms with Gasteiger partial charge in [0.1, 0.15) is 6.54 Å². The maximum Gasteiger partial charge on any atom is 0.243 e. The summed E-state index contributed by atoms with van der Waals surface area (Å²) in [6.45, 7) is 10.3. The van der Waals surface area contributed by atoms with Crippen LogP contribution in [0.25, 0.3) is 0 Å². The van der Waals surface area contributed by atoms with Gasteiger partial charge in [0, 0.05) is 27.2 Å². The molecule has 5 heteroatoms. The van der Waals surface area contributed by atoms with Gasteiger partial charge in [0.25, 0.3) is 0 Å². The maximum atomic E-state index is 11.7. The lowest BCUT2D eigenvalue weighted by molar-refractivity contribution is -0.127. The number of rotatable bonds is 7. The highest BCUT2D eigenvalue weighted by Crippen LogP contribution is 2.08. The van der Waals surface area contributed by atoms with Gasteiger partial charge in [-0.1, -0.05) is 43.2 Å². The molecule has 0 aliphatic rings. The number of guanidine groups is 1. The molecule has 1 rings (SSSR count). The van der Waals surface area contributed by atoms with Gasteiger partial charge in [-0.15, -0.1) is 0 Å². The van der Waals surface area contributed by atoms with Crippen molar-refractivity contribution in [2.24, 2.45) is 10.9 Å². The fourth-order valence-electron chi connectivity index (χ4n) is 2.30. The van der Waals surface area contributed by atoms with Crippen LogP contribution in [-0.4, -0.2) is 50.5 Å². The van der Waals surface area contributed by atoms with Gasteiger partial charge in [-0.2, -0.15) is 0 Å². The predicted molar refractivity (Wildman–Crippen MR) is 101 cm³/mol. The van der Waals surface area contributed by atoms with Crippen molar-refractivity contribution in [3.8, 4) is 0 Å². The van der Waals surface area contributed by atoms with E-state index in [2.05, 4.69) is 61.5 Å². The van der Waals surface area contributed by atoms with E-state index in [1.807, 2.05) is 0 Å². The number of carbonyl (C=O) groups excluding carboxylic acids is 1. The van der Waals surface area contributed by atoms with Crippen LogP contribution in [0.5, 0.6) is 0 Å². The van der Waals surface area contributed by atoms with Crippen molar-refractivity contribution in [1.29, 1.82) is 0 Å². The Morgan fingerprint density at radius 3 is 2.29 bits per heavy atom. The molecule has 0 fully saturated rings. The van der Waals surface area contributed by atoms with Gasteiger partial charge in [0.05, 0.1) is 0 Å². The fourth-order valence-corrected chi connectivity index (χ4v) is 2.30. The second-order valence-electron chi connectivity index (χ2n) is 6.90. The van der Waals surface area contributed by atoms with Crippen LogP contribution in [0, 0.1) is 19.8 Å². The Morgan fingerprint density at radius 1 is 1.12 bits per heavy atom. The molecule has 0 spiro atoms. The third-order valence-electron chi connectivity index (χ3n) is 3.54. The summed E-state index contributed by atoms with van der Waals surface area (Å²) in [5.41, 5.74) is 3.88. The van der Waals surface area contributed by atoms with Gasteiger partial charge >= 0.3 is 0 Å². The van der Waals surface area contributed by atoms with Crippen LogP contribution >= 0.6 is 0 Å². The van der Waals surface area contributed by atoms with E-state index >= 15 is 0 Å². The summed E-state index contributed by atoms with van der Waals surface area (Å²) in [6, 6.07) is 6.60. The van der Waals surface area contributed by atoms with Crippen molar-refractivity contribution in [2.45, 2.75) is 34.1 Å². The fraction of sp³-hybridized carbons (Fsp3) is 0.579. The third kappa shape index (κ3) is 7.99. The Labute approximate surface area is 146 Å². The second kappa shape index (κ2) is 9.96. The number of carbonyl (C=O) groups is 1. The molecule has 0 aliphatic heterocycles. The quantitative estimate of drug-likeness (QED) is 0.594. The Bertz CT molecular complexity index is 544. The second-order valence-corrected chi connectivity index (χ2v) is 6.90. The predicted octanol–water partition coefficient (Wildman–Crippen LogP) is 2.13. The van der Waals surface area contributed by atoms with Crippen LogP contribution in [0.15, 0.2) is 23.2 Å². The number of nitrogens with one attached hydrogen (secondary N) is 2. The first-order valence-corrected chi connectivity index (χ1v) is 8.57. The van der Waals surface area contributed by atoms with E-state index in [1.165, 1.54) is 16.7 Å². The Balaban J connectivity index is 2.60. The van der Waals surface area contributed by atoms with Crippen molar-refractivity contribution in [2.75, 3.05) is 33.7 Å². The molecule has 5 nitrogen and oxygen atoms in total. The summed E-state index contributed by atoms with van der Waals surface area (Å²) in [4.78, 5) is 17.7. The maximum absolute atomic E-state index is 11.7. The van der Waals surface area contributed by atoms with Crippen LogP contribution < -0.4 is 10.6 Å². The minimum atomic E-state index is -0.00467. The van der Waals surface area contributed by atoms with Crippen molar-refractivity contribution in [3.05, 3.63) is 34.9 Å². The van der Waals surface area contributed by atoms with E-state index in [4.69, 9.17) is 0 Å². The highest BCUT2D eigenvalue weighted by Gasteiger charge is 2.05. The molecule has 0 heterocycles. The van der Waals surface area contributed by atoms with E-state index in [9.17, 15) is 4.79 Å². The Hall–Kier alpha value is -2.04. The number of amides is 1. The summed E-state index contributed by atoms with van der Waals surface area (Å²) < 4.78 is 0. The zero-order valence-electron chi connectivity index (χ0n) is 15.9. The monoisotopic (exact) mass is 332 g/mol. The highest BCUT2D eigenvalue weighted by molar-refractivity contribution is 5.84. The minimum Gasteiger partial charge on any atom is -0.356 e.